The minimum Gasteiger partial charge on any atom is -0.385 e. The molecule has 1 saturated heterocycles. The molecule has 0 amide bonds. The summed E-state index contributed by atoms with van der Waals surface area (Å²) in [4.78, 5) is 17.4. The van der Waals surface area contributed by atoms with Gasteiger partial charge in [-0.1, -0.05) is 6.07 Å². The Morgan fingerprint density at radius 1 is 1.19 bits per heavy atom. The number of pyridine rings is 2. The second-order valence-corrected chi connectivity index (χ2v) is 7.72. The normalized spacial score (nSPS) is 15.8. The van der Waals surface area contributed by atoms with Crippen molar-refractivity contribution in [2.75, 3.05) is 18.9 Å². The van der Waals surface area contributed by atoms with Crippen molar-refractivity contribution in [3.63, 3.8) is 0 Å². The lowest BCUT2D eigenvalue weighted by atomic mass is 9.86. The number of hydrogen-bond acceptors (Lipinski definition) is 6. The molecule has 1 aliphatic rings. The van der Waals surface area contributed by atoms with Crippen molar-refractivity contribution in [1.82, 2.24) is 19.7 Å². The van der Waals surface area contributed by atoms with Gasteiger partial charge in [0.15, 0.2) is 5.82 Å². The summed E-state index contributed by atoms with van der Waals surface area (Å²) in [5.41, 5.74) is 5.19. The molecule has 0 bridgehead atoms. The highest BCUT2D eigenvalue weighted by Crippen LogP contribution is 2.35. The number of ether oxygens (including phenoxy) is 1. The number of fused-ring (bicyclic) bond motifs is 1. The maximum atomic E-state index is 14.5. The molecule has 3 aromatic heterocycles. The zero-order valence-electron chi connectivity index (χ0n) is 16.8. The van der Waals surface area contributed by atoms with Crippen molar-refractivity contribution in [2.24, 2.45) is 0 Å². The molecule has 4 heterocycles. The van der Waals surface area contributed by atoms with Gasteiger partial charge >= 0.3 is 0 Å². The molecule has 1 aromatic carbocycles. The average molecular weight is 439 g/mol. The summed E-state index contributed by atoms with van der Waals surface area (Å²) >= 11 is 0. The number of hydrogen-bond donors (Lipinski definition) is 3. The molecular weight excluding hydrogens is 420 g/mol. The molecule has 1 aliphatic heterocycles. The highest BCUT2D eigenvalue weighted by molar-refractivity contribution is 5.97. The number of nitrogens with one attached hydrogen (secondary N) is 1. The van der Waals surface area contributed by atoms with Crippen molar-refractivity contribution < 1.29 is 18.6 Å². The largest absolute Gasteiger partial charge is 0.385 e. The van der Waals surface area contributed by atoms with Crippen LogP contribution in [0.3, 0.4) is 0 Å². The first-order chi connectivity index (χ1) is 15.4. The van der Waals surface area contributed by atoms with Crippen LogP contribution >= 0.6 is 0 Å². The predicted molar refractivity (Wildman–Crippen MR) is 113 cm³/mol. The van der Waals surface area contributed by atoms with Crippen molar-refractivity contribution in [2.45, 2.75) is 18.4 Å². The van der Waals surface area contributed by atoms with Gasteiger partial charge in [-0.05, 0) is 29.8 Å². The molecule has 0 spiro atoms. The van der Waals surface area contributed by atoms with Crippen LogP contribution < -0.4 is 11.3 Å². The van der Waals surface area contributed by atoms with Gasteiger partial charge in [0.05, 0.1) is 16.8 Å². The minimum atomic E-state index is -1.09. The van der Waals surface area contributed by atoms with E-state index in [1.165, 1.54) is 18.5 Å². The van der Waals surface area contributed by atoms with Gasteiger partial charge in [-0.3, -0.25) is 19.4 Å². The zero-order chi connectivity index (χ0) is 22.5. The number of benzene rings is 1. The number of anilines is 1. The summed E-state index contributed by atoms with van der Waals surface area (Å²) in [6, 6.07) is 6.73. The first-order valence-electron chi connectivity index (χ1n) is 10.00. The maximum absolute atomic E-state index is 14.5. The van der Waals surface area contributed by atoms with E-state index in [-0.39, 0.29) is 16.7 Å². The highest BCUT2D eigenvalue weighted by atomic mass is 19.1. The number of nitrogens with two attached hydrogens (primary N) is 1. The standard InChI is InChI=1S/C22H19F2N5O3/c23-14-2-1-3-15(24)19(14)29-11-13(18-17(21(29)30)20(25)28-27-18)16-10-12(4-7-26-16)22(31)5-8-32-9-6-22/h1-4,7,10-11,31H,5-6,8-9H2,(H3,25,27,28). The van der Waals surface area contributed by atoms with Crippen LogP contribution in [0.25, 0.3) is 27.8 Å². The van der Waals surface area contributed by atoms with Crippen LogP contribution in [-0.2, 0) is 10.3 Å². The Balaban J connectivity index is 1.77. The summed E-state index contributed by atoms with van der Waals surface area (Å²) in [5, 5.41) is 17.7. The van der Waals surface area contributed by atoms with E-state index in [4.69, 9.17) is 10.5 Å². The number of aliphatic hydroxyl groups is 1. The molecule has 4 aromatic rings. The summed E-state index contributed by atoms with van der Waals surface area (Å²) in [5.74, 6) is -1.91. The third-order valence-corrected chi connectivity index (χ3v) is 5.83. The van der Waals surface area contributed by atoms with Gasteiger partial charge in [-0.15, -0.1) is 0 Å². The minimum absolute atomic E-state index is 0.0119. The molecule has 0 unspecified atom stereocenters. The van der Waals surface area contributed by atoms with Gasteiger partial charge in [-0.2, -0.15) is 5.10 Å². The first-order valence-corrected chi connectivity index (χ1v) is 10.00. The topological polar surface area (TPSA) is 119 Å². The zero-order valence-corrected chi connectivity index (χ0v) is 16.8. The van der Waals surface area contributed by atoms with E-state index in [1.54, 1.807) is 12.1 Å². The van der Waals surface area contributed by atoms with Crippen molar-refractivity contribution in [1.29, 1.82) is 0 Å². The number of halogens is 2. The Bertz CT molecular complexity index is 1370. The third kappa shape index (κ3) is 3.15. The number of H-pyrrole nitrogens is 1. The molecular formula is C22H19F2N5O3. The molecule has 5 rings (SSSR count). The van der Waals surface area contributed by atoms with E-state index in [1.807, 2.05) is 0 Å². The van der Waals surface area contributed by atoms with Crippen LogP contribution in [0.15, 0.2) is 47.5 Å². The molecule has 1 fully saturated rings. The van der Waals surface area contributed by atoms with Crippen molar-refractivity contribution in [3.8, 4) is 16.9 Å². The van der Waals surface area contributed by atoms with Crippen LogP contribution in [0, 0.1) is 11.6 Å². The van der Waals surface area contributed by atoms with Crippen LogP contribution in [0.1, 0.15) is 18.4 Å². The fraction of sp³-hybridized carbons (Fsp3) is 0.227. The number of nitrogen functional groups attached to an aromatic ring is 1. The quantitative estimate of drug-likeness (QED) is 0.452. The van der Waals surface area contributed by atoms with Gasteiger partial charge in [0.25, 0.3) is 5.56 Å². The van der Waals surface area contributed by atoms with E-state index < -0.39 is 28.5 Å². The molecule has 164 valence electrons. The molecule has 4 N–H and O–H groups in total. The lowest BCUT2D eigenvalue weighted by Gasteiger charge is -2.32. The van der Waals surface area contributed by atoms with Gasteiger partial charge in [0, 0.05) is 44.0 Å². The number of aromatic amines is 1. The summed E-state index contributed by atoms with van der Waals surface area (Å²) < 4.78 is 35.3. The van der Waals surface area contributed by atoms with Crippen molar-refractivity contribution >= 4 is 16.7 Å². The molecule has 8 nitrogen and oxygen atoms in total. The Morgan fingerprint density at radius 2 is 1.91 bits per heavy atom. The Morgan fingerprint density at radius 3 is 2.62 bits per heavy atom. The number of nitrogens with zero attached hydrogens (tertiary/aromatic N) is 3. The van der Waals surface area contributed by atoms with Gasteiger partial charge < -0.3 is 15.6 Å². The van der Waals surface area contributed by atoms with Crippen molar-refractivity contribution in [3.05, 3.63) is 70.3 Å². The van der Waals surface area contributed by atoms with Crippen LogP contribution in [0.5, 0.6) is 0 Å². The average Bonchev–Trinajstić information content (AvgIpc) is 3.18. The summed E-state index contributed by atoms with van der Waals surface area (Å²) in [6.45, 7) is 0.847. The third-order valence-electron chi connectivity index (χ3n) is 5.83. The number of para-hydroxylation sites is 1. The van der Waals surface area contributed by atoms with Crippen LogP contribution in [-0.4, -0.2) is 38.1 Å². The Hall–Kier alpha value is -3.63. The fourth-order valence-corrected chi connectivity index (χ4v) is 4.08. The molecule has 0 aliphatic carbocycles. The van der Waals surface area contributed by atoms with E-state index in [9.17, 15) is 18.7 Å². The second kappa shape index (κ2) is 7.50. The van der Waals surface area contributed by atoms with E-state index in [2.05, 4.69) is 15.2 Å². The van der Waals surface area contributed by atoms with Gasteiger partial charge in [-0.25, -0.2) is 8.78 Å². The van der Waals surface area contributed by atoms with E-state index in [0.29, 0.717) is 42.9 Å². The number of aromatic nitrogens is 4. The number of rotatable bonds is 3. The smallest absolute Gasteiger partial charge is 0.268 e. The molecule has 32 heavy (non-hydrogen) atoms. The predicted octanol–water partition coefficient (Wildman–Crippen LogP) is 2.63. The van der Waals surface area contributed by atoms with Crippen LogP contribution in [0.2, 0.25) is 0 Å². The SMILES string of the molecule is Nc1n[nH]c2c(-c3cc(C4(O)CCOCC4)ccn3)cn(-c3c(F)cccc3F)c(=O)c12. The summed E-state index contributed by atoms with van der Waals surface area (Å²) in [7, 11) is 0. The highest BCUT2D eigenvalue weighted by Gasteiger charge is 2.32. The lowest BCUT2D eigenvalue weighted by Crippen LogP contribution is -2.33. The molecule has 0 atom stereocenters. The van der Waals surface area contributed by atoms with E-state index >= 15 is 0 Å². The Labute approximate surface area is 180 Å². The van der Waals surface area contributed by atoms with Crippen LogP contribution in [0.4, 0.5) is 14.6 Å². The molecule has 0 radical (unpaired) electrons. The second-order valence-electron chi connectivity index (χ2n) is 7.72. The Kier molecular flexibility index (Phi) is 4.75. The monoisotopic (exact) mass is 439 g/mol. The van der Waals surface area contributed by atoms with Gasteiger partial charge in [0.2, 0.25) is 0 Å². The van der Waals surface area contributed by atoms with E-state index in [0.717, 1.165) is 16.7 Å². The summed E-state index contributed by atoms with van der Waals surface area (Å²) in [6.07, 6.45) is 3.67. The van der Waals surface area contributed by atoms with Gasteiger partial charge in [0.1, 0.15) is 22.7 Å². The molecule has 0 saturated carbocycles. The maximum Gasteiger partial charge on any atom is 0.268 e. The molecule has 10 heteroatoms. The fourth-order valence-electron chi connectivity index (χ4n) is 4.08. The lowest BCUT2D eigenvalue weighted by molar-refractivity contribution is -0.0679. The first kappa shape index (κ1) is 20.3.